The molecule has 2 aromatic carbocycles. The number of amides is 1. The first kappa shape index (κ1) is 15.8. The van der Waals surface area contributed by atoms with Crippen LogP contribution < -0.4 is 10.1 Å². The third kappa shape index (κ3) is 4.21. The molecule has 2 aromatic rings. The van der Waals surface area contributed by atoms with Gasteiger partial charge in [-0.05, 0) is 30.3 Å². The molecule has 1 N–H and O–H groups in total. The molecule has 116 valence electrons. The van der Waals surface area contributed by atoms with Crippen LogP contribution in [-0.4, -0.2) is 12.5 Å². The number of hydrogen-bond acceptors (Lipinski definition) is 2. The van der Waals surface area contributed by atoms with Gasteiger partial charge < -0.3 is 10.1 Å². The van der Waals surface area contributed by atoms with E-state index in [-0.39, 0.29) is 11.4 Å². The highest BCUT2D eigenvalue weighted by Crippen LogP contribution is 2.30. The Morgan fingerprint density at radius 2 is 1.82 bits per heavy atom. The van der Waals surface area contributed by atoms with E-state index in [1.54, 1.807) is 0 Å². The Kier molecular flexibility index (Phi) is 4.65. The maximum absolute atomic E-state index is 13.3. The zero-order valence-corrected chi connectivity index (χ0v) is 11.2. The summed E-state index contributed by atoms with van der Waals surface area (Å²) in [6, 6.07) is 9.69. The van der Waals surface area contributed by atoms with Crippen LogP contribution in [0.5, 0.6) is 5.75 Å². The third-order valence-electron chi connectivity index (χ3n) is 2.67. The van der Waals surface area contributed by atoms with Gasteiger partial charge >= 0.3 is 6.18 Å². The summed E-state index contributed by atoms with van der Waals surface area (Å²) >= 11 is 0. The monoisotopic (exact) mass is 313 g/mol. The lowest BCUT2D eigenvalue weighted by Gasteiger charge is -2.10. The number of carbonyl (C=O) groups is 1. The number of ether oxygens (including phenoxy) is 1. The van der Waals surface area contributed by atoms with Crippen LogP contribution in [0.1, 0.15) is 5.56 Å². The van der Waals surface area contributed by atoms with Crippen LogP contribution in [0, 0.1) is 5.82 Å². The lowest BCUT2D eigenvalue weighted by molar-refractivity contribution is -0.137. The Morgan fingerprint density at radius 1 is 1.09 bits per heavy atom. The van der Waals surface area contributed by atoms with E-state index in [1.807, 2.05) is 0 Å². The zero-order valence-electron chi connectivity index (χ0n) is 11.2. The molecule has 0 heterocycles. The Morgan fingerprint density at radius 3 is 2.50 bits per heavy atom. The topological polar surface area (TPSA) is 38.3 Å². The van der Waals surface area contributed by atoms with Crippen molar-refractivity contribution in [1.82, 2.24) is 0 Å². The Hall–Kier alpha value is -2.57. The zero-order chi connectivity index (χ0) is 16.2. The van der Waals surface area contributed by atoms with Crippen LogP contribution in [0.15, 0.2) is 48.5 Å². The second-order valence-electron chi connectivity index (χ2n) is 4.35. The molecule has 0 bridgehead atoms. The predicted molar refractivity (Wildman–Crippen MR) is 72.0 cm³/mol. The van der Waals surface area contributed by atoms with Gasteiger partial charge in [-0.3, -0.25) is 4.79 Å². The van der Waals surface area contributed by atoms with Crippen LogP contribution >= 0.6 is 0 Å². The number of para-hydroxylation sites is 1. The summed E-state index contributed by atoms with van der Waals surface area (Å²) in [5.41, 5.74) is -0.891. The second kappa shape index (κ2) is 6.46. The smallest absolute Gasteiger partial charge is 0.416 e. The number of anilines is 1. The molecule has 0 aliphatic rings. The maximum Gasteiger partial charge on any atom is 0.416 e. The standard InChI is InChI=1S/C15H11F4NO2/c16-12-6-1-2-7-13(12)22-9-14(21)20-11-5-3-4-10(8-11)15(17,18)19/h1-8H,9H2,(H,20,21). The summed E-state index contributed by atoms with van der Waals surface area (Å²) in [5, 5.41) is 2.26. The first-order valence-electron chi connectivity index (χ1n) is 6.21. The summed E-state index contributed by atoms with van der Waals surface area (Å²) < 4.78 is 55.8. The van der Waals surface area contributed by atoms with Gasteiger partial charge in [0.05, 0.1) is 5.56 Å². The molecule has 0 atom stereocenters. The van der Waals surface area contributed by atoms with Crippen LogP contribution in [-0.2, 0) is 11.0 Å². The number of nitrogens with one attached hydrogen (secondary N) is 1. The van der Waals surface area contributed by atoms with Crippen molar-refractivity contribution < 1.29 is 27.1 Å². The molecule has 0 aromatic heterocycles. The summed E-state index contributed by atoms with van der Waals surface area (Å²) in [6.07, 6.45) is -4.50. The van der Waals surface area contributed by atoms with Gasteiger partial charge in [-0.1, -0.05) is 18.2 Å². The SMILES string of the molecule is O=C(COc1ccccc1F)Nc1cccc(C(F)(F)F)c1. The van der Waals surface area contributed by atoms with Crippen molar-refractivity contribution in [1.29, 1.82) is 0 Å². The normalized spacial score (nSPS) is 11.1. The molecule has 0 radical (unpaired) electrons. The van der Waals surface area contributed by atoms with Crippen LogP contribution in [0.3, 0.4) is 0 Å². The van der Waals surface area contributed by atoms with E-state index < -0.39 is 30.1 Å². The number of hydrogen-bond donors (Lipinski definition) is 1. The van der Waals surface area contributed by atoms with Gasteiger partial charge in [0.1, 0.15) is 0 Å². The van der Waals surface area contributed by atoms with E-state index in [4.69, 9.17) is 4.74 Å². The quantitative estimate of drug-likeness (QED) is 0.870. The van der Waals surface area contributed by atoms with Crippen molar-refractivity contribution >= 4 is 11.6 Å². The van der Waals surface area contributed by atoms with Gasteiger partial charge in [0.25, 0.3) is 5.91 Å². The first-order chi connectivity index (χ1) is 10.4. The highest BCUT2D eigenvalue weighted by molar-refractivity contribution is 5.91. The molecule has 22 heavy (non-hydrogen) atoms. The van der Waals surface area contributed by atoms with Crippen molar-refractivity contribution in [2.45, 2.75) is 6.18 Å². The number of alkyl halides is 3. The largest absolute Gasteiger partial charge is 0.481 e. The van der Waals surface area contributed by atoms with Gasteiger partial charge in [-0.25, -0.2) is 4.39 Å². The van der Waals surface area contributed by atoms with Gasteiger partial charge in [-0.15, -0.1) is 0 Å². The van der Waals surface area contributed by atoms with Crippen LogP contribution in [0.4, 0.5) is 23.2 Å². The van der Waals surface area contributed by atoms with Crippen LogP contribution in [0.2, 0.25) is 0 Å². The Balaban J connectivity index is 1.97. The van der Waals surface area contributed by atoms with Crippen molar-refractivity contribution in [2.24, 2.45) is 0 Å². The number of benzene rings is 2. The average Bonchev–Trinajstić information content (AvgIpc) is 2.46. The van der Waals surface area contributed by atoms with E-state index in [0.29, 0.717) is 0 Å². The van der Waals surface area contributed by atoms with Gasteiger partial charge in [0.2, 0.25) is 0 Å². The average molecular weight is 313 g/mol. The molecule has 0 saturated heterocycles. The van der Waals surface area contributed by atoms with E-state index in [1.165, 1.54) is 36.4 Å². The molecule has 7 heteroatoms. The fraction of sp³-hybridized carbons (Fsp3) is 0.133. The van der Waals surface area contributed by atoms with E-state index in [9.17, 15) is 22.4 Å². The maximum atomic E-state index is 13.3. The number of carbonyl (C=O) groups excluding carboxylic acids is 1. The lowest BCUT2D eigenvalue weighted by Crippen LogP contribution is -2.20. The molecule has 1 amide bonds. The molecule has 3 nitrogen and oxygen atoms in total. The number of rotatable bonds is 4. The molecule has 0 saturated carbocycles. The van der Waals surface area contributed by atoms with E-state index in [2.05, 4.69) is 5.32 Å². The fourth-order valence-electron chi connectivity index (χ4n) is 1.68. The molecule has 0 fully saturated rings. The highest BCUT2D eigenvalue weighted by Gasteiger charge is 2.30. The van der Waals surface area contributed by atoms with E-state index in [0.717, 1.165) is 12.1 Å². The molecule has 0 aliphatic carbocycles. The van der Waals surface area contributed by atoms with Gasteiger partial charge in [-0.2, -0.15) is 13.2 Å². The van der Waals surface area contributed by atoms with Crippen molar-refractivity contribution in [3.63, 3.8) is 0 Å². The predicted octanol–water partition coefficient (Wildman–Crippen LogP) is 3.86. The molecule has 0 spiro atoms. The Bertz CT molecular complexity index is 671. The van der Waals surface area contributed by atoms with Crippen molar-refractivity contribution in [3.8, 4) is 5.75 Å². The van der Waals surface area contributed by atoms with Crippen LogP contribution in [0.25, 0.3) is 0 Å². The molecular formula is C15H11F4NO2. The summed E-state index contributed by atoms with van der Waals surface area (Å²) in [4.78, 5) is 11.6. The fourth-order valence-corrected chi connectivity index (χ4v) is 1.68. The van der Waals surface area contributed by atoms with E-state index >= 15 is 0 Å². The minimum Gasteiger partial charge on any atom is -0.481 e. The number of halogens is 4. The highest BCUT2D eigenvalue weighted by atomic mass is 19.4. The van der Waals surface area contributed by atoms with Gasteiger partial charge in [0.15, 0.2) is 18.2 Å². The molecule has 2 rings (SSSR count). The lowest BCUT2D eigenvalue weighted by atomic mass is 10.2. The minimum absolute atomic E-state index is 0.0167. The molecular weight excluding hydrogens is 302 g/mol. The summed E-state index contributed by atoms with van der Waals surface area (Å²) in [5.74, 6) is -1.43. The third-order valence-corrected chi connectivity index (χ3v) is 2.67. The molecule has 0 aliphatic heterocycles. The molecule has 0 unspecified atom stereocenters. The second-order valence-corrected chi connectivity index (χ2v) is 4.35. The van der Waals surface area contributed by atoms with Crippen molar-refractivity contribution in [3.05, 3.63) is 59.9 Å². The van der Waals surface area contributed by atoms with Crippen molar-refractivity contribution in [2.75, 3.05) is 11.9 Å². The summed E-state index contributed by atoms with van der Waals surface area (Å²) in [6.45, 7) is -0.517. The minimum atomic E-state index is -4.50. The first-order valence-corrected chi connectivity index (χ1v) is 6.21. The Labute approximate surface area is 123 Å². The summed E-state index contributed by atoms with van der Waals surface area (Å²) in [7, 11) is 0. The van der Waals surface area contributed by atoms with Gasteiger partial charge in [0, 0.05) is 5.69 Å².